The van der Waals surface area contributed by atoms with E-state index in [-0.39, 0.29) is 5.41 Å². The summed E-state index contributed by atoms with van der Waals surface area (Å²) in [7, 11) is 0. The summed E-state index contributed by atoms with van der Waals surface area (Å²) in [4.78, 5) is 0. The fourth-order valence-electron chi connectivity index (χ4n) is 1.08. The van der Waals surface area contributed by atoms with Crippen molar-refractivity contribution in [3.8, 4) is 0 Å². The largest absolute Gasteiger partial charge is 0.285 e. The van der Waals surface area contributed by atoms with Crippen LogP contribution < -0.4 is 0 Å². The first-order valence-corrected chi connectivity index (χ1v) is 5.05. The molecule has 0 bridgehead atoms. The molecule has 80 valence electrons. The summed E-state index contributed by atoms with van der Waals surface area (Å²) in [5.41, 5.74) is 0.893. The second-order valence-electron chi connectivity index (χ2n) is 4.55. The third-order valence-corrected chi connectivity index (χ3v) is 1.84. The molecule has 1 aromatic rings. The van der Waals surface area contributed by atoms with Gasteiger partial charge < -0.3 is 0 Å². The number of hydrogen-bond acceptors (Lipinski definition) is 1. The molecule has 0 amide bonds. The van der Waals surface area contributed by atoms with Gasteiger partial charge in [-0.2, -0.15) is 0 Å². The molecule has 0 aliphatic carbocycles. The maximum absolute atomic E-state index is 9.64. The molecule has 0 unspecified atom stereocenters. The molecule has 0 aliphatic rings. The van der Waals surface area contributed by atoms with Crippen LogP contribution >= 0.6 is 0 Å². The molecule has 0 aromatic heterocycles. The van der Waals surface area contributed by atoms with Crippen LogP contribution in [0.4, 0.5) is 5.69 Å². The molecule has 0 saturated heterocycles. The average Bonchev–Trinajstić information content (AvgIpc) is 2.17. The Hall–Kier alpha value is -1.57. The lowest BCUT2D eigenvalue weighted by molar-refractivity contribution is -0.709. The summed E-state index contributed by atoms with van der Waals surface area (Å²) in [6, 6.07) is 9.39. The molecule has 0 atom stereocenters. The molecule has 0 aliphatic heterocycles. The van der Waals surface area contributed by atoms with E-state index in [0.717, 1.165) is 10.4 Å². The van der Waals surface area contributed by atoms with E-state index >= 15 is 0 Å². The van der Waals surface area contributed by atoms with E-state index in [0.29, 0.717) is 0 Å². The number of hydrogen-bond donors (Lipinski definition) is 1. The van der Waals surface area contributed by atoms with Gasteiger partial charge in [0.1, 0.15) is 0 Å². The Morgan fingerprint density at radius 3 is 2.27 bits per heavy atom. The van der Waals surface area contributed by atoms with Crippen molar-refractivity contribution >= 4 is 11.9 Å². The van der Waals surface area contributed by atoms with Crippen molar-refractivity contribution in [2.24, 2.45) is 5.41 Å². The van der Waals surface area contributed by atoms with Crippen LogP contribution in [0.2, 0.25) is 0 Å². The van der Waals surface area contributed by atoms with Crippen molar-refractivity contribution in [1.29, 1.82) is 0 Å². The SMILES string of the molecule is CC(C)(C)/C=C/C=[N+](\O)c1ccccc1. The molecule has 0 fully saturated rings. The summed E-state index contributed by atoms with van der Waals surface area (Å²) >= 11 is 0. The Labute approximate surface area is 91.1 Å². The Kier molecular flexibility index (Phi) is 3.67. The lowest BCUT2D eigenvalue weighted by Gasteiger charge is -2.09. The number of para-hydroxylation sites is 1. The van der Waals surface area contributed by atoms with Crippen LogP contribution in [0.25, 0.3) is 0 Å². The van der Waals surface area contributed by atoms with Crippen LogP contribution in [-0.2, 0) is 0 Å². The van der Waals surface area contributed by atoms with Crippen LogP contribution in [-0.4, -0.2) is 16.2 Å². The van der Waals surface area contributed by atoms with Crippen LogP contribution in [0.1, 0.15) is 20.8 Å². The van der Waals surface area contributed by atoms with Crippen molar-refractivity contribution in [2.45, 2.75) is 20.8 Å². The minimum absolute atomic E-state index is 0.133. The molecule has 2 nitrogen and oxygen atoms in total. The van der Waals surface area contributed by atoms with Gasteiger partial charge in [0.05, 0.1) is 0 Å². The third kappa shape index (κ3) is 4.45. The monoisotopic (exact) mass is 204 g/mol. The van der Waals surface area contributed by atoms with E-state index in [1.54, 1.807) is 6.21 Å². The Morgan fingerprint density at radius 2 is 1.73 bits per heavy atom. The zero-order valence-corrected chi connectivity index (χ0v) is 9.51. The third-order valence-electron chi connectivity index (χ3n) is 1.84. The maximum Gasteiger partial charge on any atom is 0.257 e. The minimum atomic E-state index is 0.133. The van der Waals surface area contributed by atoms with E-state index in [2.05, 4.69) is 20.8 Å². The van der Waals surface area contributed by atoms with Crippen LogP contribution in [0.5, 0.6) is 0 Å². The standard InChI is InChI=1S/C13H18NO/c1-13(2,3)10-7-11-14(15)12-8-5-4-6-9-12/h4-11,15H,1-3H3/q+1/b10-7+,14-11-. The molecule has 0 saturated carbocycles. The molecule has 15 heavy (non-hydrogen) atoms. The van der Waals surface area contributed by atoms with Gasteiger partial charge in [0.15, 0.2) is 0 Å². The van der Waals surface area contributed by atoms with Gasteiger partial charge in [-0.05, 0) is 5.41 Å². The maximum atomic E-state index is 9.64. The van der Waals surface area contributed by atoms with E-state index in [1.165, 1.54) is 0 Å². The van der Waals surface area contributed by atoms with E-state index in [9.17, 15) is 5.21 Å². The van der Waals surface area contributed by atoms with Crippen LogP contribution in [0.3, 0.4) is 0 Å². The fourth-order valence-corrected chi connectivity index (χ4v) is 1.08. The summed E-state index contributed by atoms with van der Waals surface area (Å²) < 4.78 is 1.11. The van der Waals surface area contributed by atoms with Crippen molar-refractivity contribution in [3.63, 3.8) is 0 Å². The fraction of sp³-hybridized carbons (Fsp3) is 0.308. The van der Waals surface area contributed by atoms with E-state index in [1.807, 2.05) is 42.5 Å². The van der Waals surface area contributed by atoms with Crippen molar-refractivity contribution in [2.75, 3.05) is 0 Å². The molecular weight excluding hydrogens is 186 g/mol. The highest BCUT2D eigenvalue weighted by molar-refractivity contribution is 5.67. The Morgan fingerprint density at radius 1 is 1.13 bits per heavy atom. The molecule has 1 N–H and O–H groups in total. The van der Waals surface area contributed by atoms with Crippen LogP contribution in [0, 0.1) is 5.41 Å². The predicted octanol–water partition coefficient (Wildman–Crippen LogP) is 3.39. The molecule has 1 aromatic carbocycles. The number of benzene rings is 1. The highest BCUT2D eigenvalue weighted by Gasteiger charge is 2.05. The zero-order valence-electron chi connectivity index (χ0n) is 9.51. The van der Waals surface area contributed by atoms with Crippen molar-refractivity contribution in [3.05, 3.63) is 42.5 Å². The first kappa shape index (κ1) is 11.5. The van der Waals surface area contributed by atoms with Gasteiger partial charge in [-0.15, -0.1) is 0 Å². The quantitative estimate of drug-likeness (QED) is 0.339. The van der Waals surface area contributed by atoms with Crippen molar-refractivity contribution < 1.29 is 9.95 Å². The normalized spacial score (nSPS) is 13.4. The number of allylic oxidation sites excluding steroid dienone is 2. The van der Waals surface area contributed by atoms with Gasteiger partial charge in [0.2, 0.25) is 6.21 Å². The van der Waals surface area contributed by atoms with Gasteiger partial charge in [-0.1, -0.05) is 45.0 Å². The number of rotatable bonds is 2. The summed E-state index contributed by atoms with van der Waals surface area (Å²) in [6.45, 7) is 6.34. The van der Waals surface area contributed by atoms with Gasteiger partial charge in [0, 0.05) is 22.9 Å². The smallest absolute Gasteiger partial charge is 0.257 e. The van der Waals surface area contributed by atoms with Gasteiger partial charge >= 0.3 is 0 Å². The average molecular weight is 204 g/mol. The second kappa shape index (κ2) is 4.78. The molecular formula is C13H18NO+. The Balaban J connectivity index is 2.74. The summed E-state index contributed by atoms with van der Waals surface area (Å²) in [5, 5.41) is 9.64. The van der Waals surface area contributed by atoms with Gasteiger partial charge in [-0.3, -0.25) is 5.21 Å². The minimum Gasteiger partial charge on any atom is -0.285 e. The molecule has 1 rings (SSSR count). The molecule has 0 spiro atoms. The Bertz CT molecular complexity index is 358. The molecule has 2 heteroatoms. The first-order valence-electron chi connectivity index (χ1n) is 5.05. The summed E-state index contributed by atoms with van der Waals surface area (Å²) in [5.74, 6) is 0. The van der Waals surface area contributed by atoms with Gasteiger partial charge in [0.25, 0.3) is 5.69 Å². The molecule has 0 radical (unpaired) electrons. The summed E-state index contributed by atoms with van der Waals surface area (Å²) in [6.07, 6.45) is 5.53. The van der Waals surface area contributed by atoms with Gasteiger partial charge in [-0.25, -0.2) is 0 Å². The zero-order chi connectivity index (χ0) is 11.3. The molecule has 0 heterocycles. The highest BCUT2D eigenvalue weighted by Crippen LogP contribution is 2.14. The van der Waals surface area contributed by atoms with Crippen LogP contribution in [0.15, 0.2) is 42.5 Å². The van der Waals surface area contributed by atoms with E-state index in [4.69, 9.17) is 0 Å². The number of nitrogens with zero attached hydrogens (tertiary/aromatic N) is 1. The highest BCUT2D eigenvalue weighted by atomic mass is 16.5. The predicted molar refractivity (Wildman–Crippen MR) is 62.8 cm³/mol. The van der Waals surface area contributed by atoms with E-state index < -0.39 is 0 Å². The topological polar surface area (TPSA) is 23.2 Å². The lowest BCUT2D eigenvalue weighted by Crippen LogP contribution is -2.01. The second-order valence-corrected chi connectivity index (χ2v) is 4.55. The first-order chi connectivity index (χ1) is 6.99. The van der Waals surface area contributed by atoms with Crippen molar-refractivity contribution in [1.82, 2.24) is 0 Å². The lowest BCUT2D eigenvalue weighted by atomic mass is 9.97.